The molecule has 20 heavy (non-hydrogen) atoms. The molecule has 2 unspecified atom stereocenters. The van der Waals surface area contributed by atoms with Gasteiger partial charge in [-0.3, -0.25) is 0 Å². The van der Waals surface area contributed by atoms with Gasteiger partial charge in [-0.15, -0.1) is 0 Å². The lowest BCUT2D eigenvalue weighted by Crippen LogP contribution is -2.38. The Morgan fingerprint density at radius 2 is 1.90 bits per heavy atom. The maximum Gasteiger partial charge on any atom is 0.0933 e. The first-order valence-electron chi connectivity index (χ1n) is 7.50. The molecule has 3 heteroatoms. The Kier molecular flexibility index (Phi) is 5.19. The average molecular weight is 277 g/mol. The molecule has 1 aliphatic rings. The topological polar surface area (TPSA) is 30.5 Å². The standard InChI is InChI=1S/C17H27NO2/c1-13(18-11-16-12-19-9-10-20-16)14-5-7-15(8-6-14)17(2,3)4/h5-8,13,16,18H,9-12H2,1-4H3. The highest BCUT2D eigenvalue weighted by Gasteiger charge is 2.16. The van der Waals surface area contributed by atoms with E-state index in [1.54, 1.807) is 0 Å². The Morgan fingerprint density at radius 3 is 2.45 bits per heavy atom. The minimum absolute atomic E-state index is 0.181. The lowest BCUT2D eigenvalue weighted by molar-refractivity contribution is -0.0869. The van der Waals surface area contributed by atoms with Gasteiger partial charge in [-0.2, -0.15) is 0 Å². The van der Waals surface area contributed by atoms with Gasteiger partial charge in [0.15, 0.2) is 0 Å². The smallest absolute Gasteiger partial charge is 0.0933 e. The minimum atomic E-state index is 0.181. The van der Waals surface area contributed by atoms with E-state index < -0.39 is 0 Å². The van der Waals surface area contributed by atoms with Crippen molar-refractivity contribution in [1.82, 2.24) is 5.32 Å². The Hall–Kier alpha value is -0.900. The zero-order chi connectivity index (χ0) is 14.6. The molecule has 1 fully saturated rings. The second-order valence-corrected chi connectivity index (χ2v) is 6.57. The third kappa shape index (κ3) is 4.30. The molecule has 2 atom stereocenters. The average Bonchev–Trinajstić information content (AvgIpc) is 2.45. The first kappa shape index (κ1) is 15.5. The molecule has 2 rings (SSSR count). The van der Waals surface area contributed by atoms with Gasteiger partial charge in [-0.05, 0) is 23.5 Å². The summed E-state index contributed by atoms with van der Waals surface area (Å²) in [5.41, 5.74) is 2.90. The Bertz CT molecular complexity index is 402. The van der Waals surface area contributed by atoms with Crippen molar-refractivity contribution in [3.63, 3.8) is 0 Å². The van der Waals surface area contributed by atoms with E-state index in [4.69, 9.17) is 9.47 Å². The third-order valence-corrected chi connectivity index (χ3v) is 3.81. The molecule has 0 amide bonds. The van der Waals surface area contributed by atoms with E-state index in [9.17, 15) is 0 Å². The fraction of sp³-hybridized carbons (Fsp3) is 0.647. The van der Waals surface area contributed by atoms with Gasteiger partial charge < -0.3 is 14.8 Å². The predicted molar refractivity (Wildman–Crippen MR) is 82.1 cm³/mol. The first-order chi connectivity index (χ1) is 9.47. The maximum atomic E-state index is 5.64. The molecule has 1 aromatic carbocycles. The molecule has 0 saturated carbocycles. The van der Waals surface area contributed by atoms with Crippen molar-refractivity contribution in [1.29, 1.82) is 0 Å². The summed E-state index contributed by atoms with van der Waals surface area (Å²) in [5.74, 6) is 0. The molecule has 1 aromatic rings. The van der Waals surface area contributed by atoms with Crippen LogP contribution in [0.2, 0.25) is 0 Å². The number of ether oxygens (including phenoxy) is 2. The number of benzene rings is 1. The maximum absolute atomic E-state index is 5.64. The molecular formula is C17H27NO2. The van der Waals surface area contributed by atoms with E-state index in [2.05, 4.69) is 57.3 Å². The molecule has 0 radical (unpaired) electrons. The van der Waals surface area contributed by atoms with E-state index in [1.807, 2.05) is 0 Å². The van der Waals surface area contributed by atoms with Crippen molar-refractivity contribution >= 4 is 0 Å². The van der Waals surface area contributed by atoms with Crippen LogP contribution in [0.5, 0.6) is 0 Å². The fourth-order valence-electron chi connectivity index (χ4n) is 2.35. The fourth-order valence-corrected chi connectivity index (χ4v) is 2.35. The predicted octanol–water partition coefficient (Wildman–Crippen LogP) is 3.05. The summed E-state index contributed by atoms with van der Waals surface area (Å²) in [4.78, 5) is 0. The SMILES string of the molecule is CC(NCC1COCCO1)c1ccc(C(C)(C)C)cc1. The van der Waals surface area contributed by atoms with Gasteiger partial charge in [0, 0.05) is 12.6 Å². The highest BCUT2D eigenvalue weighted by molar-refractivity contribution is 5.29. The molecule has 1 aliphatic heterocycles. The molecule has 112 valence electrons. The third-order valence-electron chi connectivity index (χ3n) is 3.81. The molecule has 3 nitrogen and oxygen atoms in total. The van der Waals surface area contributed by atoms with Gasteiger partial charge in [0.2, 0.25) is 0 Å². The number of hydrogen-bond acceptors (Lipinski definition) is 3. The van der Waals surface area contributed by atoms with Crippen LogP contribution in [-0.2, 0) is 14.9 Å². The quantitative estimate of drug-likeness (QED) is 0.917. The molecule has 1 N–H and O–H groups in total. The van der Waals surface area contributed by atoms with Crippen LogP contribution >= 0.6 is 0 Å². The van der Waals surface area contributed by atoms with Gasteiger partial charge in [0.1, 0.15) is 0 Å². The second-order valence-electron chi connectivity index (χ2n) is 6.57. The van der Waals surface area contributed by atoms with Crippen LogP contribution in [-0.4, -0.2) is 32.5 Å². The summed E-state index contributed by atoms with van der Waals surface area (Å²) < 4.78 is 11.0. The van der Waals surface area contributed by atoms with Crippen LogP contribution in [0.1, 0.15) is 44.9 Å². The highest BCUT2D eigenvalue weighted by Crippen LogP contribution is 2.23. The zero-order valence-electron chi connectivity index (χ0n) is 13.1. The van der Waals surface area contributed by atoms with Crippen molar-refractivity contribution in [2.75, 3.05) is 26.4 Å². The number of hydrogen-bond donors (Lipinski definition) is 1. The van der Waals surface area contributed by atoms with Crippen molar-refractivity contribution in [2.45, 2.75) is 45.3 Å². The van der Waals surface area contributed by atoms with Crippen molar-refractivity contribution in [3.05, 3.63) is 35.4 Å². The van der Waals surface area contributed by atoms with Crippen LogP contribution in [0.25, 0.3) is 0 Å². The van der Waals surface area contributed by atoms with E-state index in [0.29, 0.717) is 19.3 Å². The summed E-state index contributed by atoms with van der Waals surface area (Å²) in [6.07, 6.45) is 0.181. The van der Waals surface area contributed by atoms with Crippen molar-refractivity contribution in [3.8, 4) is 0 Å². The summed E-state index contributed by atoms with van der Waals surface area (Å²) in [6, 6.07) is 9.23. The molecule has 0 aromatic heterocycles. The monoisotopic (exact) mass is 277 g/mol. The molecule has 0 spiro atoms. The number of rotatable bonds is 4. The summed E-state index contributed by atoms with van der Waals surface area (Å²) in [7, 11) is 0. The lowest BCUT2D eigenvalue weighted by atomic mass is 9.86. The summed E-state index contributed by atoms with van der Waals surface area (Å²) in [6.45, 7) is 11.9. The van der Waals surface area contributed by atoms with Crippen LogP contribution in [0, 0.1) is 0 Å². The van der Waals surface area contributed by atoms with Crippen LogP contribution < -0.4 is 5.32 Å². The summed E-state index contributed by atoms with van der Waals surface area (Å²) >= 11 is 0. The van der Waals surface area contributed by atoms with E-state index in [0.717, 1.165) is 13.2 Å². The normalized spacial score (nSPS) is 21.7. The van der Waals surface area contributed by atoms with Crippen LogP contribution in [0.4, 0.5) is 0 Å². The molecular weight excluding hydrogens is 250 g/mol. The lowest BCUT2D eigenvalue weighted by Gasteiger charge is -2.25. The van der Waals surface area contributed by atoms with E-state index in [-0.39, 0.29) is 11.5 Å². The van der Waals surface area contributed by atoms with Gasteiger partial charge in [0.05, 0.1) is 25.9 Å². The number of nitrogens with one attached hydrogen (secondary N) is 1. The van der Waals surface area contributed by atoms with Crippen molar-refractivity contribution in [2.24, 2.45) is 0 Å². The highest BCUT2D eigenvalue weighted by atomic mass is 16.6. The minimum Gasteiger partial charge on any atom is -0.376 e. The first-order valence-corrected chi connectivity index (χ1v) is 7.50. The van der Waals surface area contributed by atoms with E-state index in [1.165, 1.54) is 11.1 Å². The largest absolute Gasteiger partial charge is 0.376 e. The van der Waals surface area contributed by atoms with Crippen LogP contribution in [0.15, 0.2) is 24.3 Å². The van der Waals surface area contributed by atoms with Gasteiger partial charge in [-0.25, -0.2) is 0 Å². The van der Waals surface area contributed by atoms with Gasteiger partial charge in [-0.1, -0.05) is 45.0 Å². The Morgan fingerprint density at radius 1 is 1.20 bits per heavy atom. The van der Waals surface area contributed by atoms with Gasteiger partial charge in [0.25, 0.3) is 0 Å². The zero-order valence-corrected chi connectivity index (χ0v) is 13.1. The molecule has 1 heterocycles. The second kappa shape index (κ2) is 6.70. The Balaban J connectivity index is 1.87. The van der Waals surface area contributed by atoms with E-state index >= 15 is 0 Å². The summed E-state index contributed by atoms with van der Waals surface area (Å²) in [5, 5.41) is 3.52. The Labute approximate surface area is 122 Å². The van der Waals surface area contributed by atoms with Crippen molar-refractivity contribution < 1.29 is 9.47 Å². The molecule has 1 saturated heterocycles. The molecule has 0 aliphatic carbocycles. The van der Waals surface area contributed by atoms with Crippen LogP contribution in [0.3, 0.4) is 0 Å². The van der Waals surface area contributed by atoms with Gasteiger partial charge >= 0.3 is 0 Å². The molecule has 0 bridgehead atoms.